The molecule has 4 heterocycles. The molecule has 0 saturated heterocycles. The van der Waals surface area contributed by atoms with E-state index in [2.05, 4.69) is 10.4 Å². The number of carbonyl (C=O) groups is 2. The molecule has 0 aliphatic carbocycles. The van der Waals surface area contributed by atoms with Crippen molar-refractivity contribution in [2.75, 3.05) is 11.4 Å². The number of carbonyl (C=O) groups excluding carboxylic acids is 2. The highest BCUT2D eigenvalue weighted by Crippen LogP contribution is 2.28. The van der Waals surface area contributed by atoms with Crippen LogP contribution < -0.4 is 10.2 Å². The summed E-state index contributed by atoms with van der Waals surface area (Å²) >= 11 is 0. The maximum atomic E-state index is 12.9. The van der Waals surface area contributed by atoms with E-state index in [1.54, 1.807) is 11.2 Å². The molecule has 0 unspecified atom stereocenters. The molecule has 0 radical (unpaired) electrons. The van der Waals surface area contributed by atoms with E-state index in [0.29, 0.717) is 13.0 Å². The quantitative estimate of drug-likeness (QED) is 0.650. The number of rotatable bonds is 7. The third kappa shape index (κ3) is 4.32. The van der Waals surface area contributed by atoms with E-state index in [1.165, 1.54) is 0 Å². The van der Waals surface area contributed by atoms with Crippen LogP contribution in [0.15, 0.2) is 47.2 Å². The molecule has 2 amide bonds. The molecule has 0 spiro atoms. The first kappa shape index (κ1) is 20.0. The Kier molecular flexibility index (Phi) is 5.74. The Morgan fingerprint density at radius 1 is 1.23 bits per heavy atom. The normalized spacial score (nSPS) is 14.4. The highest BCUT2D eigenvalue weighted by atomic mass is 16.3. The van der Waals surface area contributed by atoms with Gasteiger partial charge in [-0.2, -0.15) is 5.10 Å². The van der Waals surface area contributed by atoms with Crippen LogP contribution in [0.2, 0.25) is 0 Å². The second kappa shape index (κ2) is 8.61. The van der Waals surface area contributed by atoms with Crippen LogP contribution in [0.25, 0.3) is 11.4 Å². The molecule has 3 aromatic rings. The molecule has 0 saturated carbocycles. The molecule has 3 aromatic heterocycles. The van der Waals surface area contributed by atoms with Crippen LogP contribution in [0.4, 0.5) is 5.82 Å². The summed E-state index contributed by atoms with van der Waals surface area (Å²) in [6, 6.07) is 9.60. The van der Waals surface area contributed by atoms with Crippen molar-refractivity contribution >= 4 is 17.6 Å². The van der Waals surface area contributed by atoms with Crippen molar-refractivity contribution in [3.63, 3.8) is 0 Å². The van der Waals surface area contributed by atoms with Gasteiger partial charge in [-0.1, -0.05) is 0 Å². The fraction of sp³-hybridized carbons (Fsp3) is 0.409. The number of amides is 2. The SMILES string of the molecule is C[C@H](Cc1ccco1)NC(=O)CCC(=O)N1CCCn2nc(-c3cccn3C)cc21. The Morgan fingerprint density at radius 2 is 2.10 bits per heavy atom. The fourth-order valence-electron chi connectivity index (χ4n) is 3.87. The summed E-state index contributed by atoms with van der Waals surface area (Å²) in [7, 11) is 1.97. The predicted molar refractivity (Wildman–Crippen MR) is 113 cm³/mol. The summed E-state index contributed by atoms with van der Waals surface area (Å²) in [5, 5.41) is 7.61. The molecule has 30 heavy (non-hydrogen) atoms. The van der Waals surface area contributed by atoms with Gasteiger partial charge in [-0.15, -0.1) is 0 Å². The van der Waals surface area contributed by atoms with Crippen molar-refractivity contribution in [2.45, 2.75) is 45.2 Å². The van der Waals surface area contributed by atoms with Crippen molar-refractivity contribution in [3.8, 4) is 11.4 Å². The smallest absolute Gasteiger partial charge is 0.228 e. The zero-order valence-electron chi connectivity index (χ0n) is 17.4. The molecule has 1 N–H and O–H groups in total. The summed E-state index contributed by atoms with van der Waals surface area (Å²) in [6.45, 7) is 3.36. The molecule has 8 nitrogen and oxygen atoms in total. The molecular formula is C22H27N5O3. The van der Waals surface area contributed by atoms with Gasteiger partial charge in [0.2, 0.25) is 11.8 Å². The van der Waals surface area contributed by atoms with E-state index in [9.17, 15) is 9.59 Å². The minimum Gasteiger partial charge on any atom is -0.469 e. The van der Waals surface area contributed by atoms with Crippen LogP contribution >= 0.6 is 0 Å². The molecule has 0 aromatic carbocycles. The molecule has 1 aliphatic rings. The van der Waals surface area contributed by atoms with E-state index >= 15 is 0 Å². The average molecular weight is 409 g/mol. The van der Waals surface area contributed by atoms with Crippen molar-refractivity contribution in [1.29, 1.82) is 0 Å². The number of hydrogen-bond donors (Lipinski definition) is 1. The second-order valence-corrected chi connectivity index (χ2v) is 7.77. The van der Waals surface area contributed by atoms with E-state index < -0.39 is 0 Å². The van der Waals surface area contributed by atoms with Crippen LogP contribution in [0, 0.1) is 0 Å². The lowest BCUT2D eigenvalue weighted by Crippen LogP contribution is -2.39. The number of anilines is 1. The number of aryl methyl sites for hydroxylation is 2. The largest absolute Gasteiger partial charge is 0.469 e. The van der Waals surface area contributed by atoms with Gasteiger partial charge in [0.25, 0.3) is 0 Å². The maximum Gasteiger partial charge on any atom is 0.228 e. The molecule has 8 heteroatoms. The third-order valence-electron chi connectivity index (χ3n) is 5.35. The first-order valence-corrected chi connectivity index (χ1v) is 10.3. The number of hydrogen-bond acceptors (Lipinski definition) is 4. The van der Waals surface area contributed by atoms with Gasteiger partial charge in [-0.25, -0.2) is 4.68 Å². The monoisotopic (exact) mass is 409 g/mol. The highest BCUT2D eigenvalue weighted by Gasteiger charge is 2.25. The van der Waals surface area contributed by atoms with Crippen LogP contribution in [0.3, 0.4) is 0 Å². The number of nitrogens with one attached hydrogen (secondary N) is 1. The average Bonchev–Trinajstić information content (AvgIpc) is 3.45. The van der Waals surface area contributed by atoms with Gasteiger partial charge < -0.3 is 14.3 Å². The molecule has 158 valence electrons. The Balaban J connectivity index is 1.35. The van der Waals surface area contributed by atoms with Crippen LogP contribution in [0.1, 0.15) is 31.9 Å². The first-order chi connectivity index (χ1) is 14.5. The Hall–Kier alpha value is -3.29. The number of nitrogens with zero attached hydrogens (tertiary/aromatic N) is 4. The van der Waals surface area contributed by atoms with Crippen LogP contribution in [-0.2, 0) is 29.6 Å². The fourth-order valence-corrected chi connectivity index (χ4v) is 3.87. The number of aromatic nitrogens is 3. The predicted octanol–water partition coefficient (Wildman–Crippen LogP) is 2.75. The molecule has 1 aliphatic heterocycles. The van der Waals surface area contributed by atoms with Crippen molar-refractivity contribution in [1.82, 2.24) is 19.7 Å². The summed E-state index contributed by atoms with van der Waals surface area (Å²) in [4.78, 5) is 26.9. The molecule has 4 rings (SSSR count). The molecular weight excluding hydrogens is 382 g/mol. The van der Waals surface area contributed by atoms with Crippen molar-refractivity contribution in [3.05, 3.63) is 48.6 Å². The zero-order valence-corrected chi connectivity index (χ0v) is 17.4. The molecule has 0 fully saturated rings. The van der Waals surface area contributed by atoms with Crippen LogP contribution in [-0.4, -0.2) is 38.7 Å². The Labute approximate surface area is 175 Å². The van der Waals surface area contributed by atoms with E-state index in [-0.39, 0.29) is 30.7 Å². The summed E-state index contributed by atoms with van der Waals surface area (Å²) in [5.74, 6) is 1.45. The van der Waals surface area contributed by atoms with Gasteiger partial charge in [0.05, 0.1) is 12.0 Å². The van der Waals surface area contributed by atoms with Gasteiger partial charge in [0.15, 0.2) is 0 Å². The van der Waals surface area contributed by atoms with Gasteiger partial charge >= 0.3 is 0 Å². The van der Waals surface area contributed by atoms with E-state index in [1.807, 2.05) is 59.7 Å². The van der Waals surface area contributed by atoms with Gasteiger partial charge in [-0.3, -0.25) is 14.5 Å². The lowest BCUT2D eigenvalue weighted by Gasteiger charge is -2.27. The molecule has 0 bridgehead atoms. The highest BCUT2D eigenvalue weighted by molar-refractivity contribution is 5.95. The summed E-state index contributed by atoms with van der Waals surface area (Å²) in [5.41, 5.74) is 1.86. The van der Waals surface area contributed by atoms with Crippen molar-refractivity contribution < 1.29 is 14.0 Å². The van der Waals surface area contributed by atoms with E-state index in [4.69, 9.17) is 4.42 Å². The summed E-state index contributed by atoms with van der Waals surface area (Å²) < 4.78 is 9.20. The van der Waals surface area contributed by atoms with Gasteiger partial charge in [0.1, 0.15) is 17.3 Å². The summed E-state index contributed by atoms with van der Waals surface area (Å²) in [6.07, 6.45) is 5.40. The molecule has 1 atom stereocenters. The third-order valence-corrected chi connectivity index (χ3v) is 5.35. The lowest BCUT2D eigenvalue weighted by molar-refractivity contribution is -0.125. The minimum atomic E-state index is -0.127. The van der Waals surface area contributed by atoms with Crippen molar-refractivity contribution in [2.24, 2.45) is 7.05 Å². The first-order valence-electron chi connectivity index (χ1n) is 10.3. The topological polar surface area (TPSA) is 85.3 Å². The van der Waals surface area contributed by atoms with Gasteiger partial charge in [-0.05, 0) is 37.6 Å². The van der Waals surface area contributed by atoms with Crippen LogP contribution in [0.5, 0.6) is 0 Å². The number of furan rings is 1. The number of fused-ring (bicyclic) bond motifs is 1. The zero-order chi connectivity index (χ0) is 21.1. The maximum absolute atomic E-state index is 12.9. The minimum absolute atomic E-state index is 0.0527. The second-order valence-electron chi connectivity index (χ2n) is 7.77. The lowest BCUT2D eigenvalue weighted by atomic mass is 10.1. The van der Waals surface area contributed by atoms with Gasteiger partial charge in [0, 0.05) is 57.7 Å². The van der Waals surface area contributed by atoms with E-state index in [0.717, 1.165) is 35.9 Å². The Morgan fingerprint density at radius 3 is 2.83 bits per heavy atom. The standard InChI is InChI=1S/C22H27N5O3/c1-16(14-17-6-4-13-30-17)23-20(28)8-9-22(29)26-11-5-12-27-21(26)15-18(24-27)19-7-3-10-25(19)2/h3-4,6-7,10,13,15-16H,5,8-9,11-12,14H2,1-2H3,(H,23,28)/t16-/m1/s1. The Bertz CT molecular complexity index is 1020.